The Morgan fingerprint density at radius 2 is 1.83 bits per heavy atom. The fraction of sp³-hybridized carbons (Fsp3) is 0.211. The maximum atomic E-state index is 12.7. The average Bonchev–Trinajstić information content (AvgIpc) is 3.06. The van der Waals surface area contributed by atoms with Gasteiger partial charge in [-0.3, -0.25) is 9.78 Å². The highest BCUT2D eigenvalue weighted by Gasteiger charge is 2.27. The number of pyridine rings is 1. The van der Waals surface area contributed by atoms with Crippen molar-refractivity contribution in [2.24, 2.45) is 0 Å². The number of nitrogens with one attached hydrogen (secondary N) is 1. The van der Waals surface area contributed by atoms with Crippen LogP contribution in [0.4, 0.5) is 0 Å². The summed E-state index contributed by atoms with van der Waals surface area (Å²) in [5.41, 5.74) is 0.976. The minimum absolute atomic E-state index is 0.0121. The molecule has 11 heteroatoms. The molecule has 1 N–H and O–H groups in total. The van der Waals surface area contributed by atoms with E-state index in [9.17, 15) is 18.0 Å². The molecule has 0 aliphatic carbocycles. The Morgan fingerprint density at radius 1 is 1.20 bits per heavy atom. The minimum atomic E-state index is -3.58. The lowest BCUT2D eigenvalue weighted by molar-refractivity contribution is -0.142. The van der Waals surface area contributed by atoms with Crippen molar-refractivity contribution < 1.29 is 22.7 Å². The summed E-state index contributed by atoms with van der Waals surface area (Å²) in [6, 6.07) is 5.74. The molecule has 3 aromatic rings. The van der Waals surface area contributed by atoms with Crippen LogP contribution in [-0.2, 0) is 26.0 Å². The van der Waals surface area contributed by atoms with Crippen LogP contribution in [0.15, 0.2) is 42.9 Å². The van der Waals surface area contributed by atoms with Crippen LogP contribution in [0.25, 0.3) is 10.9 Å². The van der Waals surface area contributed by atoms with Crippen LogP contribution in [0.1, 0.15) is 15.9 Å². The summed E-state index contributed by atoms with van der Waals surface area (Å²) in [6.45, 7) is 0. The predicted octanol–water partition coefficient (Wildman–Crippen LogP) is 2.66. The molecule has 0 saturated carbocycles. The van der Waals surface area contributed by atoms with E-state index in [1.807, 2.05) is 0 Å². The number of methoxy groups -OCH3 is 1. The van der Waals surface area contributed by atoms with Gasteiger partial charge in [0.05, 0.1) is 34.5 Å². The molecule has 30 heavy (non-hydrogen) atoms. The van der Waals surface area contributed by atoms with Gasteiger partial charge in [0.25, 0.3) is 5.91 Å². The molecule has 0 saturated heterocycles. The summed E-state index contributed by atoms with van der Waals surface area (Å²) in [5, 5.41) is 3.24. The molecule has 0 unspecified atom stereocenters. The number of halogens is 2. The lowest BCUT2D eigenvalue weighted by Crippen LogP contribution is -2.43. The third-order valence-corrected chi connectivity index (χ3v) is 6.00. The largest absolute Gasteiger partial charge is 0.467 e. The van der Waals surface area contributed by atoms with Gasteiger partial charge in [-0.1, -0.05) is 41.4 Å². The minimum Gasteiger partial charge on any atom is -0.467 e. The third-order valence-electron chi connectivity index (χ3n) is 4.41. The molecule has 2 heterocycles. The second kappa shape index (κ2) is 8.63. The van der Waals surface area contributed by atoms with Crippen LogP contribution in [0.3, 0.4) is 0 Å². The molecule has 3 rings (SSSR count). The number of benzene rings is 1. The Hall–Kier alpha value is -2.62. The molecule has 0 bridgehead atoms. The lowest BCUT2D eigenvalue weighted by Gasteiger charge is -2.17. The molecule has 2 aromatic heterocycles. The van der Waals surface area contributed by atoms with Crippen LogP contribution in [0, 0.1) is 0 Å². The quantitative estimate of drug-likeness (QED) is 0.556. The van der Waals surface area contributed by atoms with Crippen LogP contribution >= 0.6 is 23.2 Å². The van der Waals surface area contributed by atoms with E-state index in [1.165, 1.54) is 25.7 Å². The zero-order valence-corrected chi connectivity index (χ0v) is 18.3. The van der Waals surface area contributed by atoms with Crippen molar-refractivity contribution in [1.29, 1.82) is 0 Å². The van der Waals surface area contributed by atoms with Crippen molar-refractivity contribution >= 4 is 56.0 Å². The highest BCUT2D eigenvalue weighted by molar-refractivity contribution is 7.89. The van der Waals surface area contributed by atoms with Crippen molar-refractivity contribution in [3.63, 3.8) is 0 Å². The lowest BCUT2D eigenvalue weighted by atomic mass is 10.0. The smallest absolute Gasteiger partial charge is 0.328 e. The number of esters is 1. The summed E-state index contributed by atoms with van der Waals surface area (Å²) in [7, 11) is -2.39. The number of para-hydroxylation sites is 1. The number of rotatable bonds is 6. The van der Waals surface area contributed by atoms with Crippen molar-refractivity contribution in [3.05, 3.63) is 64.0 Å². The number of amides is 1. The predicted molar refractivity (Wildman–Crippen MR) is 113 cm³/mol. The molecule has 8 nitrogen and oxygen atoms in total. The Kier molecular flexibility index (Phi) is 6.35. The van der Waals surface area contributed by atoms with Crippen molar-refractivity contribution in [2.75, 3.05) is 13.4 Å². The zero-order chi connectivity index (χ0) is 22.1. The molecule has 0 aliphatic rings. The Bertz CT molecular complexity index is 1220. The number of aromatic nitrogens is 2. The summed E-state index contributed by atoms with van der Waals surface area (Å²) in [6.07, 6.45) is 5.01. The van der Waals surface area contributed by atoms with E-state index in [1.54, 1.807) is 24.3 Å². The van der Waals surface area contributed by atoms with Gasteiger partial charge in [-0.05, 0) is 11.6 Å². The van der Waals surface area contributed by atoms with E-state index in [0.717, 1.165) is 10.2 Å². The number of fused-ring (bicyclic) bond motifs is 1. The summed E-state index contributed by atoms with van der Waals surface area (Å²) in [4.78, 5) is 28.9. The molecule has 0 aliphatic heterocycles. The topological polar surface area (TPSA) is 107 Å². The molecule has 1 atom stereocenters. The van der Waals surface area contributed by atoms with Gasteiger partial charge >= 0.3 is 5.97 Å². The van der Waals surface area contributed by atoms with E-state index in [4.69, 9.17) is 27.9 Å². The van der Waals surface area contributed by atoms with Crippen LogP contribution < -0.4 is 5.32 Å². The van der Waals surface area contributed by atoms with Gasteiger partial charge in [0.2, 0.25) is 10.0 Å². The Labute approximate surface area is 182 Å². The summed E-state index contributed by atoms with van der Waals surface area (Å²) < 4.78 is 30.2. The first-order valence-corrected chi connectivity index (χ1v) is 11.2. The SMILES string of the molecule is COC(=O)[C@H](Cc1cn(S(C)(=O)=O)c2ccccc12)NC(=O)c1c(Cl)cncc1Cl. The van der Waals surface area contributed by atoms with Crippen LogP contribution in [-0.4, -0.2) is 48.7 Å². The second-order valence-electron chi connectivity index (χ2n) is 6.46. The molecule has 0 radical (unpaired) electrons. The number of ether oxygens (including phenoxy) is 1. The van der Waals surface area contributed by atoms with Crippen molar-refractivity contribution in [1.82, 2.24) is 14.3 Å². The molecule has 0 fully saturated rings. The van der Waals surface area contributed by atoms with E-state index < -0.39 is 27.9 Å². The summed E-state index contributed by atoms with van der Waals surface area (Å²) >= 11 is 12.0. The van der Waals surface area contributed by atoms with E-state index >= 15 is 0 Å². The molecule has 158 valence electrons. The first-order valence-electron chi connectivity index (χ1n) is 8.60. The van der Waals surface area contributed by atoms with Gasteiger partial charge in [0.15, 0.2) is 0 Å². The molecule has 0 spiro atoms. The first-order chi connectivity index (χ1) is 14.1. The second-order valence-corrected chi connectivity index (χ2v) is 9.14. The molecule has 1 amide bonds. The average molecular weight is 470 g/mol. The fourth-order valence-electron chi connectivity index (χ4n) is 3.07. The maximum absolute atomic E-state index is 12.7. The number of hydrogen-bond donors (Lipinski definition) is 1. The highest BCUT2D eigenvalue weighted by atomic mass is 35.5. The van der Waals surface area contributed by atoms with E-state index in [0.29, 0.717) is 16.5 Å². The zero-order valence-electron chi connectivity index (χ0n) is 15.9. The molecular weight excluding hydrogens is 453 g/mol. The standard InChI is InChI=1S/C19H17Cl2N3O5S/c1-29-19(26)15(23-18(25)17-13(20)8-22-9-14(17)21)7-11-10-24(30(2,27)28)16-6-4-3-5-12(11)16/h3-6,8-10,15H,7H2,1-2H3,(H,23,25)/t15-/m0/s1. The Morgan fingerprint density at radius 3 is 2.43 bits per heavy atom. The summed E-state index contributed by atoms with van der Waals surface area (Å²) in [5.74, 6) is -1.39. The van der Waals surface area contributed by atoms with E-state index in [2.05, 4.69) is 10.3 Å². The van der Waals surface area contributed by atoms with Gasteiger partial charge in [-0.2, -0.15) is 0 Å². The van der Waals surface area contributed by atoms with E-state index in [-0.39, 0.29) is 22.0 Å². The van der Waals surface area contributed by atoms with Crippen molar-refractivity contribution in [2.45, 2.75) is 12.5 Å². The molecule has 1 aromatic carbocycles. The van der Waals surface area contributed by atoms with Gasteiger partial charge in [0, 0.05) is 30.4 Å². The number of carbonyl (C=O) groups excluding carboxylic acids is 2. The van der Waals surface area contributed by atoms with Gasteiger partial charge < -0.3 is 10.1 Å². The number of nitrogens with zero attached hydrogens (tertiary/aromatic N) is 2. The third kappa shape index (κ3) is 4.43. The van der Waals surface area contributed by atoms with Gasteiger partial charge in [-0.25, -0.2) is 17.2 Å². The van der Waals surface area contributed by atoms with Crippen LogP contribution in [0.5, 0.6) is 0 Å². The Balaban J connectivity index is 1.99. The van der Waals surface area contributed by atoms with Gasteiger partial charge in [-0.15, -0.1) is 0 Å². The normalized spacial score (nSPS) is 12.5. The monoisotopic (exact) mass is 469 g/mol. The van der Waals surface area contributed by atoms with Crippen LogP contribution in [0.2, 0.25) is 10.0 Å². The first kappa shape index (κ1) is 22.1. The fourth-order valence-corrected chi connectivity index (χ4v) is 4.44. The molecular formula is C19H17Cl2N3O5S. The number of hydrogen-bond acceptors (Lipinski definition) is 6. The number of carbonyl (C=O) groups is 2. The van der Waals surface area contributed by atoms with Gasteiger partial charge in [0.1, 0.15) is 6.04 Å². The van der Waals surface area contributed by atoms with Crippen molar-refractivity contribution in [3.8, 4) is 0 Å². The highest BCUT2D eigenvalue weighted by Crippen LogP contribution is 2.25. The maximum Gasteiger partial charge on any atom is 0.328 e.